The molecule has 0 aliphatic heterocycles. The lowest BCUT2D eigenvalue weighted by Gasteiger charge is -2.13. The Balaban J connectivity index is 0.000000303. The molecule has 5 rings (SSSR count). The van der Waals surface area contributed by atoms with Gasteiger partial charge in [-0.3, -0.25) is 4.98 Å². The van der Waals surface area contributed by atoms with E-state index in [1.807, 2.05) is 70.4 Å². The van der Waals surface area contributed by atoms with Gasteiger partial charge in [-0.25, -0.2) is 4.98 Å². The van der Waals surface area contributed by atoms with Crippen LogP contribution in [0.4, 0.5) is 0 Å². The van der Waals surface area contributed by atoms with E-state index in [9.17, 15) is 0 Å². The Kier molecular flexibility index (Phi) is 10.6. The summed E-state index contributed by atoms with van der Waals surface area (Å²) in [6.45, 7) is 8.00. The Morgan fingerprint density at radius 2 is 1.57 bits per heavy atom. The van der Waals surface area contributed by atoms with Crippen LogP contribution >= 0.6 is 0 Å². The minimum Gasteiger partial charge on any atom is -0.448 e. The van der Waals surface area contributed by atoms with Crippen molar-refractivity contribution in [2.75, 3.05) is 0 Å². The number of benzene rings is 1. The first kappa shape index (κ1) is 23.6. The van der Waals surface area contributed by atoms with E-state index >= 15 is 0 Å². The summed E-state index contributed by atoms with van der Waals surface area (Å²) in [5.41, 5.74) is 3.37. The number of nitrogens with zero attached hydrogens (tertiary/aromatic N) is 2. The van der Waals surface area contributed by atoms with Gasteiger partial charge in [0, 0.05) is 17.7 Å². The predicted molar refractivity (Wildman–Crippen MR) is 126 cm³/mol. The third-order valence-electron chi connectivity index (χ3n) is 4.75. The highest BCUT2D eigenvalue weighted by Crippen LogP contribution is 2.46. The molecular weight excluding hydrogens is 368 g/mol. The van der Waals surface area contributed by atoms with Crippen LogP contribution in [0.3, 0.4) is 0 Å². The Morgan fingerprint density at radius 3 is 2.00 bits per heavy atom. The molecule has 2 aliphatic carbocycles. The van der Waals surface area contributed by atoms with Crippen LogP contribution < -0.4 is 0 Å². The molecule has 0 radical (unpaired) electrons. The zero-order chi connectivity index (χ0) is 21.6. The molecule has 0 saturated heterocycles. The van der Waals surface area contributed by atoms with Gasteiger partial charge in [-0.2, -0.15) is 0 Å². The van der Waals surface area contributed by atoms with E-state index < -0.39 is 0 Å². The number of hydrogen-bond acceptors (Lipinski definition) is 3. The number of rotatable bonds is 4. The maximum absolute atomic E-state index is 5.53. The van der Waals surface area contributed by atoms with Crippen molar-refractivity contribution in [2.24, 2.45) is 5.92 Å². The molecule has 1 aromatic carbocycles. The van der Waals surface area contributed by atoms with Crippen molar-refractivity contribution in [3.05, 3.63) is 84.7 Å². The van der Waals surface area contributed by atoms with Gasteiger partial charge in [-0.05, 0) is 44.2 Å². The van der Waals surface area contributed by atoms with Crippen LogP contribution in [0.2, 0.25) is 0 Å². The van der Waals surface area contributed by atoms with Crippen molar-refractivity contribution in [2.45, 2.75) is 65.7 Å². The van der Waals surface area contributed by atoms with Crippen molar-refractivity contribution >= 4 is 0 Å². The van der Waals surface area contributed by atoms with Crippen LogP contribution in [0.1, 0.15) is 77.0 Å². The molecule has 0 N–H and O–H groups in total. The maximum Gasteiger partial charge on any atom is 0.180 e. The van der Waals surface area contributed by atoms with E-state index in [0.717, 1.165) is 17.0 Å². The van der Waals surface area contributed by atoms with Crippen molar-refractivity contribution in [1.82, 2.24) is 9.97 Å². The summed E-state index contributed by atoms with van der Waals surface area (Å²) < 4.78 is 5.53. The minimum absolute atomic E-state index is 0.296. The van der Waals surface area contributed by atoms with Crippen LogP contribution in [0.15, 0.2) is 77.8 Å². The van der Waals surface area contributed by atoms with E-state index in [0.29, 0.717) is 11.8 Å². The topological polar surface area (TPSA) is 38.9 Å². The summed E-state index contributed by atoms with van der Waals surface area (Å²) in [5.74, 6) is 1.92. The van der Waals surface area contributed by atoms with E-state index in [1.54, 1.807) is 0 Å². The molecule has 2 aliphatic rings. The van der Waals surface area contributed by atoms with Gasteiger partial charge >= 0.3 is 0 Å². The van der Waals surface area contributed by atoms with Gasteiger partial charge in [0.2, 0.25) is 0 Å². The van der Waals surface area contributed by atoms with Crippen LogP contribution in [0.5, 0.6) is 0 Å². The molecule has 160 valence electrons. The first-order valence-corrected chi connectivity index (χ1v) is 11.3. The fraction of sp³-hybridized carbons (Fsp3) is 0.407. The Hall–Kier alpha value is -2.68. The number of hydrogen-bond donors (Lipinski definition) is 0. The van der Waals surface area contributed by atoms with Gasteiger partial charge in [-0.15, -0.1) is 0 Å². The molecule has 2 aromatic heterocycles. The van der Waals surface area contributed by atoms with Crippen molar-refractivity contribution < 1.29 is 4.42 Å². The summed E-state index contributed by atoms with van der Waals surface area (Å²) in [6, 6.07) is 14.5. The number of pyridine rings is 1. The highest BCUT2D eigenvalue weighted by atomic mass is 16.3. The summed E-state index contributed by atoms with van der Waals surface area (Å²) >= 11 is 0. The third kappa shape index (κ3) is 7.98. The lowest BCUT2D eigenvalue weighted by atomic mass is 9.93. The van der Waals surface area contributed by atoms with Crippen LogP contribution in [0, 0.1) is 5.92 Å². The smallest absolute Gasteiger partial charge is 0.180 e. The van der Waals surface area contributed by atoms with Gasteiger partial charge in [0.25, 0.3) is 0 Å². The summed E-state index contributed by atoms with van der Waals surface area (Å²) in [5, 5.41) is 0. The van der Waals surface area contributed by atoms with E-state index in [-0.39, 0.29) is 0 Å². The SMILES string of the molecule is C/C=C\C.C1CC1.CC.c1ccc(-c2ccc(C(c3cnco3)C3CC3)cn2)cc1. The standard InChI is InChI=1S/C18H16N2O.C4H8.C3H6.C2H6/c1-2-4-13(5-3-1)16-9-8-15(10-20-16)18(14-6-7-14)17-11-19-12-21-17;1-3-4-2;1-2-3-1;1-2/h1-5,8-12,14,18H,6-7H2;3-4H,1-2H3;1-3H2;1-2H3/b;4-3-;;. The number of oxazole rings is 1. The second-order valence-electron chi connectivity index (χ2n) is 7.29. The minimum atomic E-state index is 0.296. The van der Waals surface area contributed by atoms with E-state index in [2.05, 4.69) is 34.2 Å². The molecule has 2 heterocycles. The zero-order valence-corrected chi connectivity index (χ0v) is 18.9. The van der Waals surface area contributed by atoms with Crippen molar-refractivity contribution in [3.8, 4) is 11.3 Å². The van der Waals surface area contributed by atoms with E-state index in [4.69, 9.17) is 4.42 Å². The monoisotopic (exact) mass is 404 g/mol. The van der Waals surface area contributed by atoms with Gasteiger partial charge in [0.15, 0.2) is 6.39 Å². The fourth-order valence-electron chi connectivity index (χ4n) is 2.85. The fourth-order valence-corrected chi connectivity index (χ4v) is 2.85. The molecule has 0 spiro atoms. The predicted octanol–water partition coefficient (Wildman–Crippen LogP) is 8.06. The van der Waals surface area contributed by atoms with Gasteiger partial charge in [0.05, 0.1) is 11.9 Å². The molecule has 30 heavy (non-hydrogen) atoms. The van der Waals surface area contributed by atoms with Gasteiger partial charge in [0.1, 0.15) is 5.76 Å². The molecule has 1 unspecified atom stereocenters. The Morgan fingerprint density at radius 1 is 0.900 bits per heavy atom. The van der Waals surface area contributed by atoms with Crippen LogP contribution in [-0.2, 0) is 0 Å². The molecule has 2 fully saturated rings. The van der Waals surface area contributed by atoms with Crippen LogP contribution in [-0.4, -0.2) is 9.97 Å². The molecule has 1 atom stereocenters. The largest absolute Gasteiger partial charge is 0.448 e. The Labute approximate surface area is 182 Å². The lowest BCUT2D eigenvalue weighted by Crippen LogP contribution is -2.03. The highest BCUT2D eigenvalue weighted by molar-refractivity contribution is 5.58. The number of allylic oxidation sites excluding steroid dienone is 2. The van der Waals surface area contributed by atoms with Gasteiger partial charge in [-0.1, -0.05) is 81.7 Å². The first-order chi connectivity index (χ1) is 14.8. The Bertz CT molecular complexity index is 810. The van der Waals surface area contributed by atoms with Crippen LogP contribution in [0.25, 0.3) is 11.3 Å². The first-order valence-electron chi connectivity index (χ1n) is 11.3. The molecule has 3 heteroatoms. The molecule has 2 saturated carbocycles. The normalized spacial score (nSPS) is 14.9. The maximum atomic E-state index is 5.53. The molecule has 0 bridgehead atoms. The molecular formula is C27H36N2O. The molecule has 3 nitrogen and oxygen atoms in total. The van der Waals surface area contributed by atoms with E-state index in [1.165, 1.54) is 44.1 Å². The second-order valence-corrected chi connectivity index (χ2v) is 7.29. The van der Waals surface area contributed by atoms with Gasteiger partial charge < -0.3 is 4.42 Å². The number of aromatic nitrogens is 2. The highest BCUT2D eigenvalue weighted by Gasteiger charge is 2.35. The zero-order valence-electron chi connectivity index (χ0n) is 18.9. The lowest BCUT2D eigenvalue weighted by molar-refractivity contribution is 0.462. The third-order valence-corrected chi connectivity index (χ3v) is 4.75. The average Bonchev–Trinajstić information content (AvgIpc) is 3.77. The molecule has 0 amide bonds. The van der Waals surface area contributed by atoms with Crippen molar-refractivity contribution in [3.63, 3.8) is 0 Å². The van der Waals surface area contributed by atoms with Crippen molar-refractivity contribution in [1.29, 1.82) is 0 Å². The molecule has 3 aromatic rings. The quantitative estimate of drug-likeness (QED) is 0.413. The average molecular weight is 405 g/mol. The second kappa shape index (κ2) is 13.5. The summed E-state index contributed by atoms with van der Waals surface area (Å²) in [7, 11) is 0. The summed E-state index contributed by atoms with van der Waals surface area (Å²) in [6.07, 6.45) is 16.3. The summed E-state index contributed by atoms with van der Waals surface area (Å²) in [4.78, 5) is 8.68.